The summed E-state index contributed by atoms with van der Waals surface area (Å²) in [6.45, 7) is 3.62. The predicted octanol–water partition coefficient (Wildman–Crippen LogP) is 2.60. The fraction of sp³-hybridized carbons (Fsp3) is 0.444. The van der Waals surface area contributed by atoms with Crippen LogP contribution in [0.1, 0.15) is 31.2 Å². The molecule has 0 radical (unpaired) electrons. The molecule has 0 aliphatic carbocycles. The Hall–Kier alpha value is -1.86. The summed E-state index contributed by atoms with van der Waals surface area (Å²) < 4.78 is 42.5. The van der Waals surface area contributed by atoms with E-state index in [1.54, 1.807) is 0 Å². The van der Waals surface area contributed by atoms with E-state index in [-0.39, 0.29) is 17.5 Å². The van der Waals surface area contributed by atoms with Crippen LogP contribution >= 0.6 is 0 Å². The van der Waals surface area contributed by atoms with E-state index in [4.69, 9.17) is 4.52 Å². The SMILES string of the molecule is CC(C)c1noc(-c2[nH]ncc2C(F)(F)F)n1. The van der Waals surface area contributed by atoms with Gasteiger partial charge in [0.2, 0.25) is 0 Å². The second-order valence-corrected chi connectivity index (χ2v) is 3.77. The van der Waals surface area contributed by atoms with Crippen LogP contribution in [0.4, 0.5) is 13.2 Å². The van der Waals surface area contributed by atoms with Gasteiger partial charge >= 0.3 is 6.18 Å². The number of nitrogens with zero attached hydrogens (tertiary/aromatic N) is 3. The van der Waals surface area contributed by atoms with E-state index in [1.165, 1.54) is 0 Å². The van der Waals surface area contributed by atoms with Crippen molar-refractivity contribution in [3.63, 3.8) is 0 Å². The molecule has 92 valence electrons. The summed E-state index contributed by atoms with van der Waals surface area (Å²) in [6, 6.07) is 0. The lowest BCUT2D eigenvalue weighted by Crippen LogP contribution is -2.05. The van der Waals surface area contributed by atoms with Crippen molar-refractivity contribution in [1.29, 1.82) is 0 Å². The first-order valence-electron chi connectivity index (χ1n) is 4.84. The number of nitrogens with one attached hydrogen (secondary N) is 1. The number of aromatic amines is 1. The summed E-state index contributed by atoms with van der Waals surface area (Å²) in [4.78, 5) is 3.88. The fourth-order valence-corrected chi connectivity index (χ4v) is 1.24. The highest BCUT2D eigenvalue weighted by Gasteiger charge is 2.37. The molecule has 0 saturated carbocycles. The van der Waals surface area contributed by atoms with Gasteiger partial charge in [-0.25, -0.2) is 0 Å². The molecule has 0 unspecified atom stereocenters. The van der Waals surface area contributed by atoms with Gasteiger partial charge in [-0.3, -0.25) is 5.10 Å². The molecular weight excluding hydrogens is 237 g/mol. The summed E-state index contributed by atoms with van der Waals surface area (Å²) in [5.74, 6) is 0.117. The first-order valence-corrected chi connectivity index (χ1v) is 4.84. The molecule has 0 aliphatic rings. The molecule has 0 spiro atoms. The molecule has 0 atom stereocenters. The van der Waals surface area contributed by atoms with Gasteiger partial charge in [-0.05, 0) is 0 Å². The van der Waals surface area contributed by atoms with Crippen LogP contribution in [0.15, 0.2) is 10.7 Å². The zero-order valence-electron chi connectivity index (χ0n) is 9.04. The highest BCUT2D eigenvalue weighted by atomic mass is 19.4. The van der Waals surface area contributed by atoms with Crippen LogP contribution in [0.3, 0.4) is 0 Å². The quantitative estimate of drug-likeness (QED) is 0.884. The predicted molar refractivity (Wildman–Crippen MR) is 51.0 cm³/mol. The van der Waals surface area contributed by atoms with Gasteiger partial charge in [-0.1, -0.05) is 19.0 Å². The molecular formula is C9H9F3N4O. The zero-order valence-corrected chi connectivity index (χ0v) is 9.04. The third-order valence-corrected chi connectivity index (χ3v) is 2.12. The van der Waals surface area contributed by atoms with Crippen LogP contribution in [-0.2, 0) is 6.18 Å². The molecule has 0 aliphatic heterocycles. The van der Waals surface area contributed by atoms with Gasteiger partial charge < -0.3 is 4.52 Å². The van der Waals surface area contributed by atoms with Gasteiger partial charge in [0, 0.05) is 5.92 Å². The minimum atomic E-state index is -4.51. The largest absolute Gasteiger partial charge is 0.420 e. The lowest BCUT2D eigenvalue weighted by molar-refractivity contribution is -0.137. The average molecular weight is 246 g/mol. The van der Waals surface area contributed by atoms with Gasteiger partial charge in [0.15, 0.2) is 5.82 Å². The smallest absolute Gasteiger partial charge is 0.332 e. The maximum absolute atomic E-state index is 12.6. The van der Waals surface area contributed by atoms with Crippen LogP contribution < -0.4 is 0 Å². The van der Waals surface area contributed by atoms with E-state index in [0.717, 1.165) is 0 Å². The lowest BCUT2D eigenvalue weighted by atomic mass is 10.2. The number of hydrogen-bond donors (Lipinski definition) is 1. The Morgan fingerprint density at radius 2 is 2.06 bits per heavy atom. The molecule has 0 bridgehead atoms. The van der Waals surface area contributed by atoms with E-state index in [9.17, 15) is 13.2 Å². The fourth-order valence-electron chi connectivity index (χ4n) is 1.24. The normalized spacial score (nSPS) is 12.4. The van der Waals surface area contributed by atoms with Crippen molar-refractivity contribution in [2.75, 3.05) is 0 Å². The number of alkyl halides is 3. The molecule has 8 heteroatoms. The highest BCUT2D eigenvalue weighted by molar-refractivity contribution is 5.52. The molecule has 0 amide bonds. The second kappa shape index (κ2) is 3.86. The lowest BCUT2D eigenvalue weighted by Gasteiger charge is -2.03. The molecule has 2 heterocycles. The topological polar surface area (TPSA) is 67.6 Å². The standard InChI is InChI=1S/C9H9F3N4O/c1-4(2)7-14-8(17-16-7)6-5(3-13-15-6)9(10,11)12/h3-4H,1-2H3,(H,13,15). The van der Waals surface area contributed by atoms with E-state index in [1.807, 2.05) is 13.8 Å². The molecule has 0 saturated heterocycles. The molecule has 0 aromatic carbocycles. The monoisotopic (exact) mass is 246 g/mol. The molecule has 17 heavy (non-hydrogen) atoms. The summed E-state index contributed by atoms with van der Waals surface area (Å²) in [7, 11) is 0. The Kier molecular flexibility index (Phi) is 2.64. The molecule has 2 rings (SSSR count). The third-order valence-electron chi connectivity index (χ3n) is 2.12. The Balaban J connectivity index is 2.43. The summed E-state index contributed by atoms with van der Waals surface area (Å²) in [5.41, 5.74) is -1.23. The molecule has 2 aromatic heterocycles. The molecule has 5 nitrogen and oxygen atoms in total. The van der Waals surface area contributed by atoms with Gasteiger partial charge in [-0.2, -0.15) is 23.3 Å². The number of H-pyrrole nitrogens is 1. The van der Waals surface area contributed by atoms with Crippen molar-refractivity contribution in [1.82, 2.24) is 20.3 Å². The number of rotatable bonds is 2. The van der Waals surface area contributed by atoms with Crippen molar-refractivity contribution < 1.29 is 17.7 Å². The van der Waals surface area contributed by atoms with Crippen molar-refractivity contribution in [2.45, 2.75) is 25.9 Å². The summed E-state index contributed by atoms with van der Waals surface area (Å²) in [5, 5.41) is 9.15. The first-order chi connectivity index (χ1) is 7.89. The Morgan fingerprint density at radius 3 is 2.59 bits per heavy atom. The van der Waals surface area contributed by atoms with Crippen molar-refractivity contribution in [3.8, 4) is 11.6 Å². The maximum Gasteiger partial charge on any atom is 0.420 e. The van der Waals surface area contributed by atoms with Crippen LogP contribution in [0.2, 0.25) is 0 Å². The summed E-state index contributed by atoms with van der Waals surface area (Å²) >= 11 is 0. The number of halogens is 3. The van der Waals surface area contributed by atoms with Crippen molar-refractivity contribution in [2.24, 2.45) is 0 Å². The van der Waals surface area contributed by atoms with Crippen LogP contribution in [0.25, 0.3) is 11.6 Å². The highest BCUT2D eigenvalue weighted by Crippen LogP contribution is 2.35. The molecule has 1 N–H and O–H groups in total. The van der Waals surface area contributed by atoms with E-state index >= 15 is 0 Å². The van der Waals surface area contributed by atoms with E-state index in [2.05, 4.69) is 20.3 Å². The molecule has 0 fully saturated rings. The van der Waals surface area contributed by atoms with Crippen molar-refractivity contribution >= 4 is 0 Å². The number of hydrogen-bond acceptors (Lipinski definition) is 4. The van der Waals surface area contributed by atoms with E-state index < -0.39 is 11.7 Å². The third kappa shape index (κ3) is 2.15. The Morgan fingerprint density at radius 1 is 1.35 bits per heavy atom. The second-order valence-electron chi connectivity index (χ2n) is 3.77. The minimum absolute atomic E-state index is 0.0234. The van der Waals surface area contributed by atoms with Gasteiger partial charge in [0.05, 0.1) is 6.20 Å². The number of aromatic nitrogens is 4. The van der Waals surface area contributed by atoms with Crippen LogP contribution in [-0.4, -0.2) is 20.3 Å². The maximum atomic E-state index is 12.6. The molecule has 2 aromatic rings. The zero-order chi connectivity index (χ0) is 12.6. The van der Waals surface area contributed by atoms with Crippen molar-refractivity contribution in [3.05, 3.63) is 17.6 Å². The summed E-state index contributed by atoms with van der Waals surface area (Å²) in [6.07, 6.45) is -3.82. The van der Waals surface area contributed by atoms with Crippen LogP contribution in [0, 0.1) is 0 Å². The Labute approximate surface area is 94.0 Å². The van der Waals surface area contributed by atoms with Crippen LogP contribution in [0.5, 0.6) is 0 Å². The van der Waals surface area contributed by atoms with Gasteiger partial charge in [0.25, 0.3) is 5.89 Å². The first kappa shape index (κ1) is 11.6. The van der Waals surface area contributed by atoms with Gasteiger partial charge in [-0.15, -0.1) is 0 Å². The average Bonchev–Trinajstić information content (AvgIpc) is 2.85. The van der Waals surface area contributed by atoms with Gasteiger partial charge in [0.1, 0.15) is 11.3 Å². The Bertz CT molecular complexity index is 514. The minimum Gasteiger partial charge on any atom is -0.332 e. The van der Waals surface area contributed by atoms with E-state index in [0.29, 0.717) is 12.0 Å².